The molecule has 1 aromatic heterocycles. The van der Waals surface area contributed by atoms with E-state index in [1.807, 2.05) is 18.2 Å². The molecule has 0 N–H and O–H groups in total. The van der Waals surface area contributed by atoms with Gasteiger partial charge in [0.2, 0.25) is 0 Å². The molecule has 0 unspecified atom stereocenters. The molecule has 3 heteroatoms. The average molecular weight is 251 g/mol. The third-order valence-electron chi connectivity index (χ3n) is 1.95. The van der Waals surface area contributed by atoms with Crippen molar-refractivity contribution in [3.63, 3.8) is 0 Å². The van der Waals surface area contributed by atoms with Crippen molar-refractivity contribution in [1.82, 2.24) is 0 Å². The minimum atomic E-state index is 0.628. The monoisotopic (exact) mass is 250 g/mol. The van der Waals surface area contributed by atoms with E-state index < -0.39 is 0 Å². The molecule has 0 aliphatic rings. The molecule has 0 amide bonds. The van der Waals surface area contributed by atoms with E-state index in [-0.39, 0.29) is 0 Å². The van der Waals surface area contributed by atoms with Crippen molar-refractivity contribution >= 4 is 22.2 Å². The molecule has 1 aromatic carbocycles. The lowest BCUT2D eigenvalue weighted by Gasteiger charge is -2.00. The molecule has 0 fully saturated rings. The highest BCUT2D eigenvalue weighted by atomic mass is 79.9. The second-order valence-electron chi connectivity index (χ2n) is 2.80. The number of hydrogen-bond donors (Lipinski definition) is 0. The second-order valence-corrected chi connectivity index (χ2v) is 3.66. The largest absolute Gasteiger partial charge is 0.463 e. The first-order valence-electron chi connectivity index (χ1n) is 4.10. The van der Waals surface area contributed by atoms with Crippen LogP contribution in [-0.4, -0.2) is 6.29 Å². The molecule has 0 spiro atoms. The first-order valence-corrected chi connectivity index (χ1v) is 4.90. The smallest absolute Gasteiger partial charge is 0.150 e. The molecule has 0 aliphatic heterocycles. The molecule has 1 heterocycles. The number of carbonyl (C=O) groups excluding carboxylic acids is 1. The van der Waals surface area contributed by atoms with E-state index in [9.17, 15) is 4.79 Å². The van der Waals surface area contributed by atoms with E-state index >= 15 is 0 Å². The molecule has 2 rings (SSSR count). The van der Waals surface area contributed by atoms with Gasteiger partial charge in [-0.3, -0.25) is 4.79 Å². The summed E-state index contributed by atoms with van der Waals surface area (Å²) in [6.45, 7) is 0. The van der Waals surface area contributed by atoms with E-state index in [1.165, 1.54) is 0 Å². The van der Waals surface area contributed by atoms with Gasteiger partial charge in [-0.15, -0.1) is 0 Å². The quantitative estimate of drug-likeness (QED) is 0.764. The summed E-state index contributed by atoms with van der Waals surface area (Å²) >= 11 is 3.36. The number of hydrogen-bond acceptors (Lipinski definition) is 2. The van der Waals surface area contributed by atoms with E-state index in [0.717, 1.165) is 16.3 Å². The fourth-order valence-electron chi connectivity index (χ4n) is 1.29. The highest BCUT2D eigenvalue weighted by Gasteiger charge is 2.09. The molecule has 2 nitrogen and oxygen atoms in total. The fourth-order valence-corrected chi connectivity index (χ4v) is 1.71. The van der Waals surface area contributed by atoms with Gasteiger partial charge in [-0.25, -0.2) is 0 Å². The lowest BCUT2D eigenvalue weighted by Crippen LogP contribution is -1.85. The molecule has 0 aliphatic carbocycles. The van der Waals surface area contributed by atoms with Crippen LogP contribution in [0.2, 0.25) is 0 Å². The summed E-state index contributed by atoms with van der Waals surface area (Å²) in [5, 5.41) is 0. The summed E-state index contributed by atoms with van der Waals surface area (Å²) in [4.78, 5) is 10.8. The molecule has 0 radical (unpaired) electrons. The van der Waals surface area contributed by atoms with Crippen LogP contribution in [0.15, 0.2) is 45.5 Å². The number of carbonyl (C=O) groups is 1. The van der Waals surface area contributed by atoms with Gasteiger partial charge in [-0.1, -0.05) is 24.3 Å². The van der Waals surface area contributed by atoms with Crippen molar-refractivity contribution in [2.24, 2.45) is 0 Å². The van der Waals surface area contributed by atoms with Crippen molar-refractivity contribution in [1.29, 1.82) is 0 Å². The zero-order valence-corrected chi connectivity index (χ0v) is 8.82. The molecule has 0 bridgehead atoms. The van der Waals surface area contributed by atoms with Gasteiger partial charge < -0.3 is 4.42 Å². The number of furan rings is 1. The predicted molar refractivity (Wildman–Crippen MR) is 57.2 cm³/mol. The van der Waals surface area contributed by atoms with Crippen LogP contribution < -0.4 is 0 Å². The predicted octanol–water partition coefficient (Wildman–Crippen LogP) is 3.52. The Balaban J connectivity index is 2.62. The fraction of sp³-hybridized carbons (Fsp3) is 0. The summed E-state index contributed by atoms with van der Waals surface area (Å²) in [5.74, 6) is 0.688. The summed E-state index contributed by atoms with van der Waals surface area (Å²) in [6, 6.07) is 9.11. The van der Waals surface area contributed by atoms with Crippen molar-refractivity contribution < 1.29 is 9.21 Å². The van der Waals surface area contributed by atoms with Crippen LogP contribution in [0, 0.1) is 0 Å². The number of benzene rings is 1. The molecule has 2 aromatic rings. The second kappa shape index (κ2) is 3.80. The van der Waals surface area contributed by atoms with Crippen LogP contribution in [-0.2, 0) is 0 Å². The van der Waals surface area contributed by atoms with E-state index in [0.29, 0.717) is 11.3 Å². The Morgan fingerprint density at radius 3 is 2.64 bits per heavy atom. The zero-order chi connectivity index (χ0) is 9.97. The third kappa shape index (κ3) is 1.51. The Hall–Kier alpha value is -1.35. The summed E-state index contributed by atoms with van der Waals surface area (Å²) in [7, 11) is 0. The van der Waals surface area contributed by atoms with Crippen LogP contribution in [0.25, 0.3) is 11.3 Å². The average Bonchev–Trinajstić information content (AvgIpc) is 2.64. The van der Waals surface area contributed by atoms with E-state index in [1.54, 1.807) is 18.4 Å². The lowest BCUT2D eigenvalue weighted by molar-refractivity contribution is 0.112. The SMILES string of the molecule is O=Cc1ccccc1-c1occc1Br. The van der Waals surface area contributed by atoms with Crippen LogP contribution in [0.3, 0.4) is 0 Å². The minimum Gasteiger partial charge on any atom is -0.463 e. The van der Waals surface area contributed by atoms with Gasteiger partial charge in [0.1, 0.15) is 5.76 Å². The Bertz CT molecular complexity index is 460. The highest BCUT2D eigenvalue weighted by molar-refractivity contribution is 9.10. The minimum absolute atomic E-state index is 0.628. The maximum atomic E-state index is 10.8. The van der Waals surface area contributed by atoms with Crippen molar-refractivity contribution in [2.75, 3.05) is 0 Å². The number of rotatable bonds is 2. The van der Waals surface area contributed by atoms with Gasteiger partial charge >= 0.3 is 0 Å². The first-order chi connectivity index (χ1) is 6.83. The number of aldehydes is 1. The van der Waals surface area contributed by atoms with Crippen molar-refractivity contribution in [2.45, 2.75) is 0 Å². The Labute approximate surface area is 89.7 Å². The molecular weight excluding hydrogens is 244 g/mol. The Kier molecular flexibility index (Phi) is 2.50. The molecule has 0 saturated carbocycles. The van der Waals surface area contributed by atoms with Gasteiger partial charge in [-0.2, -0.15) is 0 Å². The van der Waals surface area contributed by atoms with Gasteiger partial charge in [0.05, 0.1) is 10.7 Å². The normalized spacial score (nSPS) is 10.1. The Morgan fingerprint density at radius 2 is 2.00 bits per heavy atom. The van der Waals surface area contributed by atoms with E-state index in [2.05, 4.69) is 15.9 Å². The van der Waals surface area contributed by atoms with Gasteiger partial charge in [-0.05, 0) is 22.0 Å². The molecular formula is C11H7BrO2. The third-order valence-corrected chi connectivity index (χ3v) is 2.57. The van der Waals surface area contributed by atoms with Crippen molar-refractivity contribution in [3.8, 4) is 11.3 Å². The summed E-state index contributed by atoms with van der Waals surface area (Å²) in [6.07, 6.45) is 2.41. The van der Waals surface area contributed by atoms with Crippen LogP contribution in [0.4, 0.5) is 0 Å². The maximum absolute atomic E-state index is 10.8. The van der Waals surface area contributed by atoms with Gasteiger partial charge in [0.25, 0.3) is 0 Å². The zero-order valence-electron chi connectivity index (χ0n) is 7.24. The van der Waals surface area contributed by atoms with Crippen LogP contribution >= 0.6 is 15.9 Å². The highest BCUT2D eigenvalue weighted by Crippen LogP contribution is 2.30. The summed E-state index contributed by atoms with van der Waals surface area (Å²) in [5.41, 5.74) is 1.43. The van der Waals surface area contributed by atoms with Crippen molar-refractivity contribution in [3.05, 3.63) is 46.6 Å². The van der Waals surface area contributed by atoms with Gasteiger partial charge in [0, 0.05) is 11.1 Å². The molecule has 70 valence electrons. The first kappa shape index (κ1) is 9.21. The lowest BCUT2D eigenvalue weighted by atomic mass is 10.1. The maximum Gasteiger partial charge on any atom is 0.150 e. The van der Waals surface area contributed by atoms with Crippen LogP contribution in [0.5, 0.6) is 0 Å². The number of halogens is 1. The molecule has 0 saturated heterocycles. The topological polar surface area (TPSA) is 30.2 Å². The molecule has 0 atom stereocenters. The standard InChI is InChI=1S/C11H7BrO2/c12-10-5-6-14-11(10)9-4-2-1-3-8(9)7-13/h1-7H. The molecule has 14 heavy (non-hydrogen) atoms. The van der Waals surface area contributed by atoms with Gasteiger partial charge in [0.15, 0.2) is 6.29 Å². The van der Waals surface area contributed by atoms with E-state index in [4.69, 9.17) is 4.42 Å². The Morgan fingerprint density at radius 1 is 1.21 bits per heavy atom. The summed E-state index contributed by atoms with van der Waals surface area (Å²) < 4.78 is 6.14. The van der Waals surface area contributed by atoms with Crippen LogP contribution in [0.1, 0.15) is 10.4 Å².